The Morgan fingerprint density at radius 2 is 1.83 bits per heavy atom. The van der Waals surface area contributed by atoms with Crippen molar-refractivity contribution in [3.8, 4) is 11.3 Å². The van der Waals surface area contributed by atoms with Crippen molar-refractivity contribution < 1.29 is 13.9 Å². The largest absolute Gasteiger partial charge is 0.457 e. The first-order chi connectivity index (χ1) is 14.2. The molecule has 1 N–H and O–H groups in total. The van der Waals surface area contributed by atoms with E-state index < -0.39 is 0 Å². The predicted molar refractivity (Wildman–Crippen MR) is 116 cm³/mol. The van der Waals surface area contributed by atoms with Crippen molar-refractivity contribution in [3.63, 3.8) is 0 Å². The van der Waals surface area contributed by atoms with Crippen LogP contribution in [-0.4, -0.2) is 32.2 Å². The molecule has 0 spiro atoms. The molecular formula is C23H21ClN2O3. The number of amides is 1. The second kappa shape index (κ2) is 8.99. The summed E-state index contributed by atoms with van der Waals surface area (Å²) in [6.07, 6.45) is 3.11. The van der Waals surface area contributed by atoms with Crippen molar-refractivity contribution in [3.05, 3.63) is 77.5 Å². The first-order valence-electron chi connectivity index (χ1n) is 9.45. The molecule has 1 amide bonds. The van der Waals surface area contributed by atoms with Gasteiger partial charge in [0.05, 0.1) is 24.6 Å². The highest BCUT2D eigenvalue weighted by atomic mass is 35.5. The van der Waals surface area contributed by atoms with Gasteiger partial charge in [-0.1, -0.05) is 41.9 Å². The van der Waals surface area contributed by atoms with Crippen LogP contribution in [0.2, 0.25) is 5.02 Å². The maximum atomic E-state index is 12.5. The molecule has 0 bridgehead atoms. The van der Waals surface area contributed by atoms with Gasteiger partial charge in [-0.3, -0.25) is 4.79 Å². The van der Waals surface area contributed by atoms with Gasteiger partial charge in [0.15, 0.2) is 0 Å². The highest BCUT2D eigenvalue weighted by Crippen LogP contribution is 2.30. The fraction of sp³-hybridized carbons (Fsp3) is 0.174. The molecule has 1 fully saturated rings. The van der Waals surface area contributed by atoms with Gasteiger partial charge in [0.25, 0.3) is 0 Å². The minimum atomic E-state index is -0.251. The standard InChI is InChI=1S/C23H21ClN2O3/c24-18-6-9-21(26-12-14-28-15-13-26)20(16-18)25-23(27)11-8-19-7-10-22(29-19)17-4-2-1-3-5-17/h1-11,16H,12-15H2,(H,25,27)/b11-8+. The van der Waals surface area contributed by atoms with E-state index in [1.165, 1.54) is 6.08 Å². The van der Waals surface area contributed by atoms with Crippen molar-refractivity contribution in [1.29, 1.82) is 0 Å². The van der Waals surface area contributed by atoms with E-state index in [2.05, 4.69) is 10.2 Å². The summed E-state index contributed by atoms with van der Waals surface area (Å²) in [5.74, 6) is 1.12. The molecule has 2 aromatic carbocycles. The van der Waals surface area contributed by atoms with Crippen LogP contribution in [0.3, 0.4) is 0 Å². The number of nitrogens with one attached hydrogen (secondary N) is 1. The lowest BCUT2D eigenvalue weighted by Gasteiger charge is -2.30. The topological polar surface area (TPSA) is 54.7 Å². The van der Waals surface area contributed by atoms with Crippen LogP contribution in [0, 0.1) is 0 Å². The normalized spacial score (nSPS) is 14.3. The number of hydrogen-bond donors (Lipinski definition) is 1. The molecule has 3 aromatic rings. The highest BCUT2D eigenvalue weighted by molar-refractivity contribution is 6.31. The van der Waals surface area contributed by atoms with Crippen LogP contribution in [0.5, 0.6) is 0 Å². The Morgan fingerprint density at radius 1 is 1.03 bits per heavy atom. The van der Waals surface area contributed by atoms with E-state index in [0.29, 0.717) is 29.7 Å². The molecule has 0 radical (unpaired) electrons. The van der Waals surface area contributed by atoms with Crippen molar-refractivity contribution in [1.82, 2.24) is 0 Å². The van der Waals surface area contributed by atoms with Crippen LogP contribution in [0.1, 0.15) is 5.76 Å². The van der Waals surface area contributed by atoms with E-state index in [9.17, 15) is 4.79 Å². The number of carbonyl (C=O) groups excluding carboxylic acids is 1. The van der Waals surface area contributed by atoms with Crippen LogP contribution in [0.4, 0.5) is 11.4 Å². The number of carbonyl (C=O) groups is 1. The van der Waals surface area contributed by atoms with Crippen molar-refractivity contribution in [2.24, 2.45) is 0 Å². The minimum Gasteiger partial charge on any atom is -0.457 e. The zero-order chi connectivity index (χ0) is 20.1. The molecule has 29 heavy (non-hydrogen) atoms. The summed E-state index contributed by atoms with van der Waals surface area (Å²) in [5, 5.41) is 3.49. The maximum Gasteiger partial charge on any atom is 0.248 e. The van der Waals surface area contributed by atoms with Crippen LogP contribution in [0.25, 0.3) is 17.4 Å². The molecular weight excluding hydrogens is 388 g/mol. The number of hydrogen-bond acceptors (Lipinski definition) is 4. The fourth-order valence-corrected chi connectivity index (χ4v) is 3.39. The van der Waals surface area contributed by atoms with Gasteiger partial charge >= 0.3 is 0 Å². The molecule has 0 unspecified atom stereocenters. The summed E-state index contributed by atoms with van der Waals surface area (Å²) in [7, 11) is 0. The Labute approximate surface area is 174 Å². The van der Waals surface area contributed by atoms with Crippen molar-refractivity contribution >= 4 is 35.0 Å². The van der Waals surface area contributed by atoms with Crippen LogP contribution < -0.4 is 10.2 Å². The summed E-state index contributed by atoms with van der Waals surface area (Å²) in [6.45, 7) is 2.88. The molecule has 2 heterocycles. The fourth-order valence-electron chi connectivity index (χ4n) is 3.22. The summed E-state index contributed by atoms with van der Waals surface area (Å²) in [5.41, 5.74) is 2.60. The van der Waals surface area contributed by atoms with Crippen LogP contribution >= 0.6 is 11.6 Å². The number of anilines is 2. The SMILES string of the molecule is O=C(/C=C/c1ccc(-c2ccccc2)o1)Nc1cc(Cl)ccc1N1CCOCC1. The molecule has 6 heteroatoms. The number of nitrogens with zero attached hydrogens (tertiary/aromatic N) is 1. The molecule has 4 rings (SSSR count). The van der Waals surface area contributed by atoms with Gasteiger partial charge in [-0.15, -0.1) is 0 Å². The molecule has 1 aromatic heterocycles. The Bertz CT molecular complexity index is 1010. The molecule has 0 saturated carbocycles. The van der Waals surface area contributed by atoms with Gasteiger partial charge in [0, 0.05) is 29.8 Å². The third-order valence-corrected chi connectivity index (χ3v) is 4.89. The number of benzene rings is 2. The summed E-state index contributed by atoms with van der Waals surface area (Å²) in [6, 6.07) is 19.1. The van der Waals surface area contributed by atoms with E-state index in [4.69, 9.17) is 20.8 Å². The van der Waals surface area contributed by atoms with E-state index in [1.54, 1.807) is 12.1 Å². The second-order valence-corrected chi connectivity index (χ2v) is 7.09. The molecule has 0 aliphatic carbocycles. The monoisotopic (exact) mass is 408 g/mol. The van der Waals surface area contributed by atoms with E-state index >= 15 is 0 Å². The number of furan rings is 1. The van der Waals surface area contributed by atoms with E-state index in [-0.39, 0.29) is 5.91 Å². The first-order valence-corrected chi connectivity index (χ1v) is 9.83. The van der Waals surface area contributed by atoms with Crippen molar-refractivity contribution in [2.75, 3.05) is 36.5 Å². The molecule has 148 valence electrons. The molecule has 1 aliphatic rings. The number of ether oxygens (including phenoxy) is 1. The average Bonchev–Trinajstić information content (AvgIpc) is 3.23. The number of morpholine rings is 1. The minimum absolute atomic E-state index is 0.251. The Hall–Kier alpha value is -3.02. The smallest absolute Gasteiger partial charge is 0.248 e. The summed E-state index contributed by atoms with van der Waals surface area (Å²) < 4.78 is 11.2. The Kier molecular flexibility index (Phi) is 5.98. The third-order valence-electron chi connectivity index (χ3n) is 4.65. The van der Waals surface area contributed by atoms with Gasteiger partial charge in [0.2, 0.25) is 5.91 Å². The second-order valence-electron chi connectivity index (χ2n) is 6.65. The number of rotatable bonds is 5. The predicted octanol–water partition coefficient (Wildman–Crippen LogP) is 5.09. The van der Waals surface area contributed by atoms with Gasteiger partial charge in [-0.05, 0) is 36.4 Å². The quantitative estimate of drug-likeness (QED) is 0.597. The van der Waals surface area contributed by atoms with E-state index in [1.807, 2.05) is 54.6 Å². The molecule has 5 nitrogen and oxygen atoms in total. The van der Waals surface area contributed by atoms with Gasteiger partial charge < -0.3 is 19.4 Å². The zero-order valence-electron chi connectivity index (χ0n) is 15.8. The van der Waals surface area contributed by atoms with Gasteiger partial charge in [-0.25, -0.2) is 0 Å². The zero-order valence-corrected chi connectivity index (χ0v) is 16.6. The summed E-state index contributed by atoms with van der Waals surface area (Å²) in [4.78, 5) is 14.7. The molecule has 1 aliphatic heterocycles. The molecule has 1 saturated heterocycles. The van der Waals surface area contributed by atoms with Crippen LogP contribution in [0.15, 0.2) is 71.2 Å². The highest BCUT2D eigenvalue weighted by Gasteiger charge is 2.16. The first kappa shape index (κ1) is 19.3. The van der Waals surface area contributed by atoms with Gasteiger partial charge in [-0.2, -0.15) is 0 Å². The Balaban J connectivity index is 1.46. The lowest BCUT2D eigenvalue weighted by molar-refractivity contribution is -0.111. The van der Waals surface area contributed by atoms with E-state index in [0.717, 1.165) is 30.1 Å². The molecule has 0 atom stereocenters. The van der Waals surface area contributed by atoms with Crippen LogP contribution in [-0.2, 0) is 9.53 Å². The lowest BCUT2D eigenvalue weighted by atomic mass is 10.2. The maximum absolute atomic E-state index is 12.5. The van der Waals surface area contributed by atoms with Gasteiger partial charge in [0.1, 0.15) is 11.5 Å². The Morgan fingerprint density at radius 3 is 2.62 bits per heavy atom. The summed E-state index contributed by atoms with van der Waals surface area (Å²) >= 11 is 6.15. The number of halogens is 1. The third kappa shape index (κ3) is 4.88. The van der Waals surface area contributed by atoms with Crippen molar-refractivity contribution in [2.45, 2.75) is 0 Å². The average molecular weight is 409 g/mol. The lowest BCUT2D eigenvalue weighted by Crippen LogP contribution is -2.36.